The second kappa shape index (κ2) is 4.38. The monoisotopic (exact) mass is 283 g/mol. The summed E-state index contributed by atoms with van der Waals surface area (Å²) in [7, 11) is 0. The van der Waals surface area contributed by atoms with E-state index in [1.54, 1.807) is 0 Å². The van der Waals surface area contributed by atoms with Gasteiger partial charge >= 0.3 is 0 Å². The van der Waals surface area contributed by atoms with Gasteiger partial charge < -0.3 is 5.11 Å². The Labute approximate surface area is 105 Å². The number of halogens is 1. The summed E-state index contributed by atoms with van der Waals surface area (Å²) < 4.78 is 0.780. The summed E-state index contributed by atoms with van der Waals surface area (Å²) >= 11 is 3.36. The Morgan fingerprint density at radius 1 is 1.44 bits per heavy atom. The third-order valence-corrected chi connectivity index (χ3v) is 4.14. The summed E-state index contributed by atoms with van der Waals surface area (Å²) in [4.78, 5) is 2.44. The van der Waals surface area contributed by atoms with E-state index in [9.17, 15) is 5.11 Å². The Balaban J connectivity index is 2.18. The smallest absolute Gasteiger partial charge is 0.134 e. The second-order valence-electron chi connectivity index (χ2n) is 5.09. The van der Waals surface area contributed by atoms with Crippen LogP contribution in [-0.2, 0) is 6.54 Å². The van der Waals surface area contributed by atoms with Crippen molar-refractivity contribution in [2.24, 2.45) is 0 Å². The Hall–Kier alpha value is -0.540. The summed E-state index contributed by atoms with van der Waals surface area (Å²) in [5.41, 5.74) is 1.26. The molecule has 0 aliphatic carbocycles. The van der Waals surface area contributed by atoms with Gasteiger partial charge in [0.25, 0.3) is 0 Å². The molecule has 2 rings (SSSR count). The third-order valence-electron chi connectivity index (χ3n) is 3.50. The van der Waals surface area contributed by atoms with E-state index < -0.39 is 0 Å². The number of rotatable bonds is 2. The number of hydrogen-bond acceptors (Lipinski definition) is 2. The van der Waals surface area contributed by atoms with Crippen LogP contribution in [0.2, 0.25) is 0 Å². The maximum atomic E-state index is 9.95. The Morgan fingerprint density at radius 2 is 2.19 bits per heavy atom. The van der Waals surface area contributed by atoms with Gasteiger partial charge in [0.15, 0.2) is 0 Å². The highest BCUT2D eigenvalue weighted by Crippen LogP contribution is 2.33. The number of likely N-dealkylation sites (tertiary alicyclic amines) is 1. The van der Waals surface area contributed by atoms with Crippen LogP contribution in [0.25, 0.3) is 0 Å². The molecular formula is C13H18BrNO. The summed E-state index contributed by atoms with van der Waals surface area (Å²) in [6.45, 7) is 6.50. The average molecular weight is 284 g/mol. The minimum absolute atomic E-state index is 0.259. The Bertz CT molecular complexity index is 390. The summed E-state index contributed by atoms with van der Waals surface area (Å²) in [6, 6.07) is 5.84. The van der Waals surface area contributed by atoms with Crippen LogP contribution >= 0.6 is 15.9 Å². The van der Waals surface area contributed by atoms with Gasteiger partial charge in [0.05, 0.1) is 4.47 Å². The molecule has 1 aromatic carbocycles. The minimum Gasteiger partial charge on any atom is -0.506 e. The molecule has 0 spiro atoms. The highest BCUT2D eigenvalue weighted by molar-refractivity contribution is 9.10. The Kier molecular flexibility index (Phi) is 3.27. The quantitative estimate of drug-likeness (QED) is 0.898. The van der Waals surface area contributed by atoms with Gasteiger partial charge in [-0.05, 0) is 55.2 Å². The van der Waals surface area contributed by atoms with Crippen LogP contribution in [-0.4, -0.2) is 22.1 Å². The van der Waals surface area contributed by atoms with Gasteiger partial charge in [0.2, 0.25) is 0 Å². The molecule has 1 saturated heterocycles. The molecule has 1 heterocycles. The zero-order valence-corrected chi connectivity index (χ0v) is 11.4. The fraction of sp³-hybridized carbons (Fsp3) is 0.538. The molecule has 0 unspecified atom stereocenters. The lowest BCUT2D eigenvalue weighted by atomic mass is 10.0. The normalized spacial score (nSPS) is 20.2. The first-order chi connectivity index (χ1) is 7.50. The molecule has 0 amide bonds. The molecule has 1 aliphatic heterocycles. The van der Waals surface area contributed by atoms with E-state index in [0.717, 1.165) is 23.1 Å². The summed E-state index contributed by atoms with van der Waals surface area (Å²) in [5.74, 6) is 0.380. The molecule has 0 saturated carbocycles. The van der Waals surface area contributed by atoms with Crippen LogP contribution in [0.15, 0.2) is 22.7 Å². The molecule has 0 radical (unpaired) electrons. The molecule has 1 aliphatic rings. The van der Waals surface area contributed by atoms with Crippen LogP contribution in [0.1, 0.15) is 32.3 Å². The maximum Gasteiger partial charge on any atom is 0.134 e. The van der Waals surface area contributed by atoms with Crippen molar-refractivity contribution in [1.82, 2.24) is 4.90 Å². The molecule has 0 atom stereocenters. The van der Waals surface area contributed by atoms with Crippen molar-refractivity contribution in [2.45, 2.75) is 38.8 Å². The van der Waals surface area contributed by atoms with E-state index >= 15 is 0 Å². The van der Waals surface area contributed by atoms with E-state index in [4.69, 9.17) is 0 Å². The predicted molar refractivity (Wildman–Crippen MR) is 69.5 cm³/mol. The number of para-hydroxylation sites is 1. The highest BCUT2D eigenvalue weighted by atomic mass is 79.9. The molecule has 0 aromatic heterocycles. The molecule has 16 heavy (non-hydrogen) atoms. The van der Waals surface area contributed by atoms with E-state index in [1.165, 1.54) is 12.8 Å². The van der Waals surface area contributed by atoms with E-state index in [-0.39, 0.29) is 5.54 Å². The van der Waals surface area contributed by atoms with Crippen molar-refractivity contribution in [1.29, 1.82) is 0 Å². The standard InChI is InChI=1S/C13H18BrNO/c1-13(2)7-4-8-15(13)9-10-5-3-6-11(14)12(10)16/h3,5-6,16H,4,7-9H2,1-2H3. The third kappa shape index (κ3) is 2.25. The first kappa shape index (κ1) is 11.9. The van der Waals surface area contributed by atoms with E-state index in [0.29, 0.717) is 5.75 Å². The van der Waals surface area contributed by atoms with Crippen molar-refractivity contribution in [3.63, 3.8) is 0 Å². The first-order valence-corrected chi connectivity index (χ1v) is 6.51. The Morgan fingerprint density at radius 3 is 2.81 bits per heavy atom. The summed E-state index contributed by atoms with van der Waals surface area (Å²) in [6.07, 6.45) is 2.49. The van der Waals surface area contributed by atoms with Gasteiger partial charge in [-0.1, -0.05) is 12.1 Å². The molecule has 0 bridgehead atoms. The number of phenolic OH excluding ortho intramolecular Hbond substituents is 1. The second-order valence-corrected chi connectivity index (χ2v) is 5.94. The van der Waals surface area contributed by atoms with Crippen molar-refractivity contribution in [3.8, 4) is 5.75 Å². The van der Waals surface area contributed by atoms with Gasteiger partial charge in [-0.15, -0.1) is 0 Å². The van der Waals surface area contributed by atoms with Gasteiger partial charge in [-0.2, -0.15) is 0 Å². The van der Waals surface area contributed by atoms with Gasteiger partial charge in [-0.25, -0.2) is 0 Å². The largest absolute Gasteiger partial charge is 0.506 e. The van der Waals surface area contributed by atoms with E-state index in [2.05, 4.69) is 34.7 Å². The zero-order chi connectivity index (χ0) is 11.8. The predicted octanol–water partition coefficient (Wildman–Crippen LogP) is 3.53. The maximum absolute atomic E-state index is 9.95. The van der Waals surface area contributed by atoms with Gasteiger partial charge in [0.1, 0.15) is 5.75 Å². The minimum atomic E-state index is 0.259. The van der Waals surface area contributed by atoms with Crippen molar-refractivity contribution in [2.75, 3.05) is 6.54 Å². The van der Waals surface area contributed by atoms with Crippen LogP contribution < -0.4 is 0 Å². The summed E-state index contributed by atoms with van der Waals surface area (Å²) in [5, 5.41) is 9.95. The highest BCUT2D eigenvalue weighted by Gasteiger charge is 2.32. The number of aromatic hydroxyl groups is 1. The number of benzene rings is 1. The SMILES string of the molecule is CC1(C)CCCN1Cc1cccc(Br)c1O. The van der Waals surface area contributed by atoms with Crippen LogP contribution in [0.5, 0.6) is 5.75 Å². The molecular weight excluding hydrogens is 266 g/mol. The topological polar surface area (TPSA) is 23.5 Å². The molecule has 3 heteroatoms. The number of nitrogens with zero attached hydrogens (tertiary/aromatic N) is 1. The average Bonchev–Trinajstić information content (AvgIpc) is 2.54. The fourth-order valence-electron chi connectivity index (χ4n) is 2.35. The van der Waals surface area contributed by atoms with Crippen LogP contribution in [0.4, 0.5) is 0 Å². The van der Waals surface area contributed by atoms with Crippen molar-refractivity contribution >= 4 is 15.9 Å². The lowest BCUT2D eigenvalue weighted by Gasteiger charge is -2.31. The lowest BCUT2D eigenvalue weighted by molar-refractivity contribution is 0.165. The lowest BCUT2D eigenvalue weighted by Crippen LogP contribution is -2.37. The number of phenols is 1. The van der Waals surface area contributed by atoms with Gasteiger partial charge in [0, 0.05) is 17.6 Å². The molecule has 1 aromatic rings. The van der Waals surface area contributed by atoms with Crippen molar-refractivity contribution < 1.29 is 5.11 Å². The van der Waals surface area contributed by atoms with Crippen LogP contribution in [0, 0.1) is 0 Å². The van der Waals surface area contributed by atoms with Crippen molar-refractivity contribution in [3.05, 3.63) is 28.2 Å². The van der Waals surface area contributed by atoms with Crippen LogP contribution in [0.3, 0.4) is 0 Å². The fourth-order valence-corrected chi connectivity index (χ4v) is 2.76. The molecule has 2 nitrogen and oxygen atoms in total. The first-order valence-electron chi connectivity index (χ1n) is 5.72. The number of hydrogen-bond donors (Lipinski definition) is 1. The van der Waals surface area contributed by atoms with Gasteiger partial charge in [-0.3, -0.25) is 4.90 Å². The molecule has 1 fully saturated rings. The van der Waals surface area contributed by atoms with E-state index in [1.807, 2.05) is 18.2 Å². The zero-order valence-electron chi connectivity index (χ0n) is 9.83. The molecule has 88 valence electrons. The molecule has 1 N–H and O–H groups in total.